The first-order chi connectivity index (χ1) is 11.4. The third kappa shape index (κ3) is 1.55. The topological polar surface area (TPSA) is 37.3 Å². The van der Waals surface area contributed by atoms with E-state index in [1.807, 2.05) is 6.08 Å². The maximum Gasteiger partial charge on any atom is 0.155 e. The number of hydrogen-bond donors (Lipinski definition) is 1. The minimum Gasteiger partial charge on any atom is -0.392 e. The van der Waals surface area contributed by atoms with Crippen molar-refractivity contribution >= 4 is 5.78 Å². The van der Waals surface area contributed by atoms with E-state index in [0.717, 1.165) is 51.4 Å². The Labute approximate surface area is 144 Å². The van der Waals surface area contributed by atoms with Gasteiger partial charge in [-0.2, -0.15) is 0 Å². The molecule has 0 heterocycles. The van der Waals surface area contributed by atoms with Gasteiger partial charge >= 0.3 is 0 Å². The summed E-state index contributed by atoms with van der Waals surface area (Å²) in [7, 11) is 0. The van der Waals surface area contributed by atoms with E-state index < -0.39 is 0 Å². The van der Waals surface area contributed by atoms with Crippen LogP contribution in [0.2, 0.25) is 0 Å². The fourth-order valence-corrected chi connectivity index (χ4v) is 7.06. The fourth-order valence-electron chi connectivity index (χ4n) is 7.06. The number of aliphatic hydroxyl groups excluding tert-OH is 1. The molecule has 1 fully saturated rings. The van der Waals surface area contributed by atoms with Crippen LogP contribution in [0.1, 0.15) is 71.6 Å². The molecule has 0 bridgehead atoms. The first-order valence-electron chi connectivity index (χ1n) is 9.76. The van der Waals surface area contributed by atoms with Gasteiger partial charge in [-0.25, -0.2) is 0 Å². The minimum absolute atomic E-state index is 0.0217. The summed E-state index contributed by atoms with van der Waals surface area (Å²) in [5.74, 6) is 0.317. The van der Waals surface area contributed by atoms with Crippen LogP contribution in [0.15, 0.2) is 34.4 Å². The van der Waals surface area contributed by atoms with E-state index >= 15 is 0 Å². The van der Waals surface area contributed by atoms with E-state index in [4.69, 9.17) is 0 Å². The maximum atomic E-state index is 11.9. The van der Waals surface area contributed by atoms with Crippen molar-refractivity contribution in [2.24, 2.45) is 16.2 Å². The molecule has 5 aliphatic carbocycles. The number of carbonyl (C=O) groups excluding carboxylic acids is 1. The van der Waals surface area contributed by atoms with Crippen LogP contribution in [0.5, 0.6) is 0 Å². The van der Waals surface area contributed by atoms with E-state index in [0.29, 0.717) is 12.2 Å². The van der Waals surface area contributed by atoms with E-state index in [1.54, 1.807) is 11.1 Å². The lowest BCUT2D eigenvalue weighted by Gasteiger charge is -2.52. The van der Waals surface area contributed by atoms with Gasteiger partial charge in [-0.15, -0.1) is 0 Å². The van der Waals surface area contributed by atoms with Crippen molar-refractivity contribution in [3.8, 4) is 0 Å². The second kappa shape index (κ2) is 4.52. The minimum atomic E-state index is -0.164. The number of fused-ring (bicyclic) bond motifs is 3. The van der Waals surface area contributed by atoms with Crippen LogP contribution < -0.4 is 0 Å². The van der Waals surface area contributed by atoms with Crippen molar-refractivity contribution in [2.45, 2.75) is 77.7 Å². The third-order valence-electron chi connectivity index (χ3n) is 8.54. The second-order valence-corrected chi connectivity index (χ2v) is 9.33. The predicted molar refractivity (Wildman–Crippen MR) is 94.4 cm³/mol. The van der Waals surface area contributed by atoms with Crippen LogP contribution in [-0.2, 0) is 4.79 Å². The summed E-state index contributed by atoms with van der Waals surface area (Å²) in [6.45, 7) is 4.78. The molecule has 128 valence electrons. The Morgan fingerprint density at radius 3 is 2.75 bits per heavy atom. The molecule has 0 radical (unpaired) electrons. The van der Waals surface area contributed by atoms with Gasteiger partial charge in [0.15, 0.2) is 5.78 Å². The van der Waals surface area contributed by atoms with Gasteiger partial charge in [-0.1, -0.05) is 31.1 Å². The van der Waals surface area contributed by atoms with Gasteiger partial charge in [0.25, 0.3) is 0 Å². The molecule has 2 heteroatoms. The molecule has 1 saturated carbocycles. The molecular formula is C22H28O2. The number of carbonyl (C=O) groups is 1. The number of hydrogen-bond acceptors (Lipinski definition) is 2. The predicted octanol–water partition coefficient (Wildman–Crippen LogP) is 4.64. The summed E-state index contributed by atoms with van der Waals surface area (Å²) < 4.78 is 0. The smallest absolute Gasteiger partial charge is 0.155 e. The van der Waals surface area contributed by atoms with E-state index in [2.05, 4.69) is 19.9 Å². The molecule has 1 N–H and O–H groups in total. The van der Waals surface area contributed by atoms with Crippen LogP contribution in [-0.4, -0.2) is 17.0 Å². The zero-order chi connectivity index (χ0) is 16.7. The monoisotopic (exact) mass is 324 g/mol. The van der Waals surface area contributed by atoms with Crippen LogP contribution >= 0.6 is 0 Å². The fraction of sp³-hybridized carbons (Fsp3) is 0.682. The summed E-state index contributed by atoms with van der Waals surface area (Å²) in [4.78, 5) is 11.9. The number of aliphatic hydroxyl groups is 1. The van der Waals surface area contributed by atoms with Gasteiger partial charge in [0.1, 0.15) is 0 Å². The normalized spacial score (nSPS) is 46.8. The van der Waals surface area contributed by atoms with Gasteiger partial charge in [-0.05, 0) is 74.0 Å². The van der Waals surface area contributed by atoms with Crippen LogP contribution in [0.3, 0.4) is 0 Å². The summed E-state index contributed by atoms with van der Waals surface area (Å²) in [6.07, 6.45) is 13.5. The second-order valence-electron chi connectivity index (χ2n) is 9.33. The van der Waals surface area contributed by atoms with Gasteiger partial charge in [0, 0.05) is 17.3 Å². The Kier molecular flexibility index (Phi) is 2.85. The Balaban J connectivity index is 1.66. The summed E-state index contributed by atoms with van der Waals surface area (Å²) in [6, 6.07) is 0. The summed E-state index contributed by atoms with van der Waals surface area (Å²) in [5, 5.41) is 11.0. The average molecular weight is 324 g/mol. The molecular weight excluding hydrogens is 296 g/mol. The van der Waals surface area contributed by atoms with Crippen molar-refractivity contribution in [2.75, 3.05) is 0 Å². The molecule has 0 aromatic heterocycles. The molecule has 4 atom stereocenters. The third-order valence-corrected chi connectivity index (χ3v) is 8.54. The lowest BCUT2D eigenvalue weighted by molar-refractivity contribution is -0.115. The van der Waals surface area contributed by atoms with Gasteiger partial charge in [0.05, 0.1) is 6.10 Å². The lowest BCUT2D eigenvalue weighted by Crippen LogP contribution is -2.45. The Bertz CT molecular complexity index is 739. The molecule has 0 aromatic rings. The van der Waals surface area contributed by atoms with Gasteiger partial charge in [0.2, 0.25) is 0 Å². The first-order valence-corrected chi connectivity index (χ1v) is 9.76. The maximum absolute atomic E-state index is 11.9. The molecule has 0 aromatic carbocycles. The average Bonchev–Trinajstić information content (AvgIpc) is 2.99. The van der Waals surface area contributed by atoms with E-state index in [9.17, 15) is 9.90 Å². The largest absolute Gasteiger partial charge is 0.392 e. The Morgan fingerprint density at radius 1 is 1.08 bits per heavy atom. The van der Waals surface area contributed by atoms with Crippen molar-refractivity contribution in [1.29, 1.82) is 0 Å². The van der Waals surface area contributed by atoms with Gasteiger partial charge < -0.3 is 5.11 Å². The Hall–Kier alpha value is -1.15. The van der Waals surface area contributed by atoms with Crippen molar-refractivity contribution in [3.05, 3.63) is 34.4 Å². The zero-order valence-electron chi connectivity index (χ0n) is 15.0. The highest BCUT2D eigenvalue weighted by molar-refractivity contribution is 5.92. The van der Waals surface area contributed by atoms with Crippen molar-refractivity contribution < 1.29 is 9.90 Å². The summed E-state index contributed by atoms with van der Waals surface area (Å²) >= 11 is 0. The molecule has 0 aliphatic heterocycles. The number of rotatable bonds is 0. The zero-order valence-corrected chi connectivity index (χ0v) is 15.0. The van der Waals surface area contributed by atoms with Crippen molar-refractivity contribution in [3.63, 3.8) is 0 Å². The molecule has 0 saturated heterocycles. The lowest BCUT2D eigenvalue weighted by atomic mass is 9.52. The molecule has 24 heavy (non-hydrogen) atoms. The quantitative estimate of drug-likeness (QED) is 0.704. The van der Waals surface area contributed by atoms with E-state index in [-0.39, 0.29) is 22.3 Å². The first kappa shape index (κ1) is 15.1. The molecule has 2 nitrogen and oxygen atoms in total. The van der Waals surface area contributed by atoms with Crippen molar-refractivity contribution in [1.82, 2.24) is 0 Å². The van der Waals surface area contributed by atoms with Crippen LogP contribution in [0, 0.1) is 16.2 Å². The highest BCUT2D eigenvalue weighted by atomic mass is 16.3. The van der Waals surface area contributed by atoms with Crippen LogP contribution in [0.4, 0.5) is 0 Å². The molecule has 5 aliphatic rings. The SMILES string of the molecule is CC12CCC(=O)C=C1CCC1=C2CCC23C1=CC[C@@]2(C)CC[C@H]3O. The molecule has 2 unspecified atom stereocenters. The summed E-state index contributed by atoms with van der Waals surface area (Å²) in [5.41, 5.74) is 6.45. The molecule has 1 spiro atoms. The highest BCUT2D eigenvalue weighted by Gasteiger charge is 2.63. The standard InChI is InChI=1S/C22H28O2/c1-20-9-6-18-16-4-3-14-13-15(23)5-11-21(14,2)17(16)7-12-22(18,20)19(24)8-10-20/h6,13,19,24H,3-5,7-12H2,1-2H3/t19-,20+,21?,22?/m1/s1. The van der Waals surface area contributed by atoms with Gasteiger partial charge in [-0.3, -0.25) is 4.79 Å². The van der Waals surface area contributed by atoms with E-state index in [1.165, 1.54) is 11.1 Å². The number of ketones is 1. The Morgan fingerprint density at radius 2 is 1.92 bits per heavy atom. The van der Waals surface area contributed by atoms with Crippen LogP contribution in [0.25, 0.3) is 0 Å². The number of allylic oxidation sites excluding steroid dienone is 5. The highest BCUT2D eigenvalue weighted by Crippen LogP contribution is 2.70. The molecule has 5 rings (SSSR count). The molecule has 0 amide bonds.